The zero-order valence-corrected chi connectivity index (χ0v) is 18.2. The molecular weight excluding hydrogens is 394 g/mol. The smallest absolute Gasteiger partial charge is 0.335 e. The Morgan fingerprint density at radius 3 is 2.00 bits per heavy atom. The second kappa shape index (κ2) is 11.0. The summed E-state index contributed by atoms with van der Waals surface area (Å²) in [4.78, 5) is 29.2. The van der Waals surface area contributed by atoms with Crippen molar-refractivity contribution in [3.63, 3.8) is 0 Å². The van der Waals surface area contributed by atoms with Crippen molar-refractivity contribution in [3.05, 3.63) is 46.8 Å². The molecule has 0 bridgehead atoms. The lowest BCUT2D eigenvalue weighted by atomic mass is 9.87. The van der Waals surface area contributed by atoms with Gasteiger partial charge in [0.05, 0.1) is 16.8 Å². The van der Waals surface area contributed by atoms with Crippen LogP contribution in [-0.2, 0) is 0 Å². The van der Waals surface area contributed by atoms with Crippen LogP contribution in [0.3, 0.4) is 0 Å². The van der Waals surface area contributed by atoms with Gasteiger partial charge in [-0.3, -0.25) is 0 Å². The highest BCUT2D eigenvalue weighted by Gasteiger charge is 2.19. The molecule has 0 radical (unpaired) electrons. The van der Waals surface area contributed by atoms with Gasteiger partial charge in [0.2, 0.25) is 5.95 Å². The minimum Gasteiger partial charge on any atom is -0.478 e. The average molecular weight is 428 g/mol. The number of carboxylic acids is 2. The number of aromatic nitrogens is 2. The summed E-state index contributed by atoms with van der Waals surface area (Å²) in [5.41, 5.74) is 1.90. The molecule has 0 aliphatic heterocycles. The summed E-state index contributed by atoms with van der Waals surface area (Å²) >= 11 is 0. The van der Waals surface area contributed by atoms with E-state index in [4.69, 9.17) is 15.2 Å². The summed E-state index contributed by atoms with van der Waals surface area (Å²) in [6, 6.07) is 4.63. The third-order valence-electron chi connectivity index (χ3n) is 6.14. The molecule has 1 heterocycles. The number of carbonyl (C=O) groups is 2. The molecular formula is C24H33N3O4. The maximum Gasteiger partial charge on any atom is 0.335 e. The third-order valence-corrected chi connectivity index (χ3v) is 6.14. The van der Waals surface area contributed by atoms with Crippen molar-refractivity contribution in [1.29, 1.82) is 0 Å². The molecule has 7 heteroatoms. The summed E-state index contributed by atoms with van der Waals surface area (Å²) in [6.45, 7) is 1.65. The predicted molar refractivity (Wildman–Crippen MR) is 120 cm³/mol. The molecule has 31 heavy (non-hydrogen) atoms. The van der Waals surface area contributed by atoms with Gasteiger partial charge in [-0.05, 0) is 56.4 Å². The number of imidazole rings is 1. The van der Waals surface area contributed by atoms with E-state index in [1.807, 2.05) is 0 Å². The quantitative estimate of drug-likeness (QED) is 0.494. The SMILES string of the molecule is Cc1cc(C(=O)O)cc(C(=O)O)c1.c1[nH]c(NC2CCCCC2)nc1C1CCCCC1. The summed E-state index contributed by atoms with van der Waals surface area (Å²) in [6.07, 6.45) is 15.7. The van der Waals surface area contributed by atoms with Crippen LogP contribution in [0, 0.1) is 6.92 Å². The molecule has 1 aromatic heterocycles. The van der Waals surface area contributed by atoms with Crippen LogP contribution in [0.15, 0.2) is 24.4 Å². The fourth-order valence-electron chi connectivity index (χ4n) is 4.49. The van der Waals surface area contributed by atoms with Crippen LogP contribution in [0.25, 0.3) is 0 Å². The number of carboxylic acid groups (broad SMARTS) is 2. The molecule has 2 aliphatic rings. The fourth-order valence-corrected chi connectivity index (χ4v) is 4.49. The Morgan fingerprint density at radius 2 is 1.45 bits per heavy atom. The zero-order valence-electron chi connectivity index (χ0n) is 18.2. The number of aromatic amines is 1. The van der Waals surface area contributed by atoms with Crippen molar-refractivity contribution in [3.8, 4) is 0 Å². The van der Waals surface area contributed by atoms with Crippen LogP contribution in [-0.4, -0.2) is 38.2 Å². The maximum absolute atomic E-state index is 10.5. The number of aromatic carboxylic acids is 2. The lowest BCUT2D eigenvalue weighted by molar-refractivity contribution is 0.0696. The van der Waals surface area contributed by atoms with Gasteiger partial charge in [-0.2, -0.15) is 0 Å². The summed E-state index contributed by atoms with van der Waals surface area (Å²) in [7, 11) is 0. The van der Waals surface area contributed by atoms with E-state index in [0.717, 1.165) is 12.0 Å². The van der Waals surface area contributed by atoms with Crippen molar-refractivity contribution in [2.45, 2.75) is 83.1 Å². The molecule has 7 nitrogen and oxygen atoms in total. The van der Waals surface area contributed by atoms with Crippen molar-refractivity contribution < 1.29 is 19.8 Å². The van der Waals surface area contributed by atoms with Gasteiger partial charge in [0.25, 0.3) is 0 Å². The molecule has 0 amide bonds. The molecule has 0 spiro atoms. The molecule has 1 aromatic carbocycles. The van der Waals surface area contributed by atoms with Crippen molar-refractivity contribution in [2.24, 2.45) is 0 Å². The highest BCUT2D eigenvalue weighted by atomic mass is 16.4. The second-order valence-electron chi connectivity index (χ2n) is 8.69. The number of nitrogens with zero attached hydrogens (tertiary/aromatic N) is 1. The van der Waals surface area contributed by atoms with Gasteiger partial charge in [-0.1, -0.05) is 38.5 Å². The predicted octanol–water partition coefficient (Wildman–Crippen LogP) is 5.59. The van der Waals surface area contributed by atoms with Crippen LogP contribution < -0.4 is 5.32 Å². The van der Waals surface area contributed by atoms with E-state index >= 15 is 0 Å². The average Bonchev–Trinajstić information content (AvgIpc) is 3.23. The van der Waals surface area contributed by atoms with E-state index in [-0.39, 0.29) is 11.1 Å². The number of benzene rings is 1. The van der Waals surface area contributed by atoms with E-state index in [1.54, 1.807) is 6.92 Å². The second-order valence-corrected chi connectivity index (χ2v) is 8.69. The Morgan fingerprint density at radius 1 is 0.903 bits per heavy atom. The molecule has 4 rings (SSSR count). The highest BCUT2D eigenvalue weighted by Crippen LogP contribution is 2.32. The summed E-state index contributed by atoms with van der Waals surface area (Å²) < 4.78 is 0. The lowest BCUT2D eigenvalue weighted by Gasteiger charge is -2.22. The van der Waals surface area contributed by atoms with Gasteiger partial charge in [-0.15, -0.1) is 0 Å². The Bertz CT molecular complexity index is 848. The Kier molecular flexibility index (Phi) is 8.09. The molecule has 2 aliphatic carbocycles. The molecule has 168 valence electrons. The number of nitrogens with one attached hydrogen (secondary N) is 2. The molecule has 2 aromatic rings. The fraction of sp³-hybridized carbons (Fsp3) is 0.542. The number of anilines is 1. The summed E-state index contributed by atoms with van der Waals surface area (Å²) in [5, 5.41) is 20.8. The van der Waals surface area contributed by atoms with E-state index in [9.17, 15) is 9.59 Å². The van der Waals surface area contributed by atoms with Gasteiger partial charge in [0.15, 0.2) is 0 Å². The summed E-state index contributed by atoms with van der Waals surface area (Å²) in [5.74, 6) is -0.531. The van der Waals surface area contributed by atoms with E-state index in [2.05, 4.69) is 16.5 Å². The van der Waals surface area contributed by atoms with Gasteiger partial charge in [0.1, 0.15) is 0 Å². The van der Waals surface area contributed by atoms with Gasteiger partial charge in [0, 0.05) is 18.2 Å². The van der Waals surface area contributed by atoms with Gasteiger partial charge in [-0.25, -0.2) is 14.6 Å². The molecule has 2 fully saturated rings. The van der Waals surface area contributed by atoms with Crippen LogP contribution in [0.1, 0.15) is 102 Å². The maximum atomic E-state index is 10.5. The van der Waals surface area contributed by atoms with Crippen LogP contribution in [0.2, 0.25) is 0 Å². The first-order valence-electron chi connectivity index (χ1n) is 11.3. The van der Waals surface area contributed by atoms with Crippen LogP contribution >= 0.6 is 0 Å². The van der Waals surface area contributed by atoms with Gasteiger partial charge < -0.3 is 20.5 Å². The lowest BCUT2D eigenvalue weighted by Crippen LogP contribution is -2.22. The molecule has 0 atom stereocenters. The standard InChI is InChI=1S/C15H25N3.C9H8O4/c1-3-7-12(8-4-1)14-11-16-15(18-14)17-13-9-5-2-6-10-13;1-5-2-6(8(10)11)4-7(3-5)9(12)13/h11-13H,1-10H2,(H2,16,17,18);2-4H,1H3,(H,10,11)(H,12,13). The Labute approximate surface area is 183 Å². The van der Waals surface area contributed by atoms with E-state index in [0.29, 0.717) is 17.5 Å². The molecule has 0 saturated heterocycles. The van der Waals surface area contributed by atoms with Crippen molar-refractivity contribution in [2.75, 3.05) is 5.32 Å². The largest absolute Gasteiger partial charge is 0.478 e. The van der Waals surface area contributed by atoms with Crippen LogP contribution in [0.5, 0.6) is 0 Å². The minimum absolute atomic E-state index is 0.00241. The molecule has 2 saturated carbocycles. The number of hydrogen-bond donors (Lipinski definition) is 4. The zero-order chi connectivity index (χ0) is 22.2. The molecule has 4 N–H and O–H groups in total. The van der Waals surface area contributed by atoms with Gasteiger partial charge >= 0.3 is 11.9 Å². The van der Waals surface area contributed by atoms with Crippen molar-refractivity contribution >= 4 is 17.9 Å². The number of rotatable bonds is 5. The number of H-pyrrole nitrogens is 1. The Hall–Kier alpha value is -2.83. The first-order valence-corrected chi connectivity index (χ1v) is 11.3. The topological polar surface area (TPSA) is 115 Å². The Balaban J connectivity index is 0.000000187. The van der Waals surface area contributed by atoms with E-state index in [1.165, 1.54) is 82.0 Å². The van der Waals surface area contributed by atoms with Crippen molar-refractivity contribution in [1.82, 2.24) is 9.97 Å². The number of aryl methyl sites for hydroxylation is 1. The highest BCUT2D eigenvalue weighted by molar-refractivity contribution is 5.94. The normalized spacial score (nSPS) is 17.5. The molecule has 0 unspecified atom stereocenters. The van der Waals surface area contributed by atoms with E-state index < -0.39 is 11.9 Å². The minimum atomic E-state index is -1.12. The first kappa shape index (κ1) is 22.8. The number of hydrogen-bond acceptors (Lipinski definition) is 4. The first-order chi connectivity index (χ1) is 14.9. The monoisotopic (exact) mass is 427 g/mol. The third kappa shape index (κ3) is 6.84. The van der Waals surface area contributed by atoms with Crippen LogP contribution in [0.4, 0.5) is 5.95 Å².